The molecule has 0 fully saturated rings. The summed E-state index contributed by atoms with van der Waals surface area (Å²) < 4.78 is 21.1. The van der Waals surface area contributed by atoms with Gasteiger partial charge < -0.3 is 19.7 Å². The Morgan fingerprint density at radius 2 is 1.88 bits per heavy atom. The van der Waals surface area contributed by atoms with E-state index in [9.17, 15) is 19.1 Å². The zero-order valence-corrected chi connectivity index (χ0v) is 19.0. The van der Waals surface area contributed by atoms with Crippen molar-refractivity contribution < 1.29 is 19.0 Å². The van der Waals surface area contributed by atoms with Crippen molar-refractivity contribution in [3.05, 3.63) is 81.0 Å². The van der Waals surface area contributed by atoms with Gasteiger partial charge in [-0.25, -0.2) is 9.18 Å². The molecular weight excluding hydrogens is 437 g/mol. The molecule has 2 N–H and O–H groups in total. The summed E-state index contributed by atoms with van der Waals surface area (Å²) in [6, 6.07) is 11.2. The number of hydrogen-bond acceptors (Lipinski definition) is 5. The third-order valence-electron chi connectivity index (χ3n) is 4.04. The highest BCUT2D eigenvalue weighted by Crippen LogP contribution is 2.24. The van der Waals surface area contributed by atoms with Gasteiger partial charge >= 0.3 is 5.97 Å². The summed E-state index contributed by atoms with van der Waals surface area (Å²) in [6.07, 6.45) is 1.01. The molecule has 0 aliphatic rings. The molecule has 0 aliphatic carbocycles. The molecule has 0 aliphatic heterocycles. The largest absolute Gasteiger partial charge is 0.488 e. The van der Waals surface area contributed by atoms with E-state index in [0.717, 1.165) is 5.56 Å². The lowest BCUT2D eigenvalue weighted by Crippen LogP contribution is -2.23. The Hall–Kier alpha value is -3.39. The molecule has 7 nitrogen and oxygen atoms in total. The number of halogens is 2. The maximum absolute atomic E-state index is 14.3. The number of anilines is 2. The first kappa shape index (κ1) is 24.9. The van der Waals surface area contributed by atoms with E-state index in [1.807, 2.05) is 13.8 Å². The van der Waals surface area contributed by atoms with Gasteiger partial charge in [0.2, 0.25) is 5.95 Å². The van der Waals surface area contributed by atoms with Crippen molar-refractivity contribution in [3.8, 4) is 5.75 Å². The van der Waals surface area contributed by atoms with E-state index in [1.54, 1.807) is 44.2 Å². The van der Waals surface area contributed by atoms with Crippen LogP contribution in [0.1, 0.15) is 43.6 Å². The van der Waals surface area contributed by atoms with Crippen molar-refractivity contribution in [3.63, 3.8) is 0 Å². The summed E-state index contributed by atoms with van der Waals surface area (Å²) >= 11 is 5.90. The fourth-order valence-corrected chi connectivity index (χ4v) is 2.83. The minimum Gasteiger partial charge on any atom is -0.488 e. The van der Waals surface area contributed by atoms with Crippen LogP contribution in [-0.4, -0.2) is 26.7 Å². The van der Waals surface area contributed by atoms with Crippen LogP contribution < -0.4 is 15.6 Å². The zero-order chi connectivity index (χ0) is 23.8. The van der Waals surface area contributed by atoms with E-state index in [4.69, 9.17) is 16.3 Å². The van der Waals surface area contributed by atoms with Gasteiger partial charge in [-0.15, -0.1) is 0 Å². The molecule has 2 aromatic carbocycles. The number of hydrogen-bond donors (Lipinski definition) is 2. The molecule has 0 spiro atoms. The Bertz CT molecular complexity index is 1130. The second-order valence-electron chi connectivity index (χ2n) is 6.78. The number of aromatic carboxylic acids is 1. The molecule has 1 heterocycles. The molecule has 3 rings (SSSR count). The summed E-state index contributed by atoms with van der Waals surface area (Å²) in [7, 11) is 0. The number of aromatic nitrogens is 2. The number of benzene rings is 2. The summed E-state index contributed by atoms with van der Waals surface area (Å²) in [5, 5.41) is 12.7. The fraction of sp³-hybridized carbons (Fsp3) is 0.261. The maximum Gasteiger partial charge on any atom is 0.342 e. The highest BCUT2D eigenvalue weighted by molar-refractivity contribution is 6.30. The Labute approximate surface area is 190 Å². The van der Waals surface area contributed by atoms with Gasteiger partial charge in [0.25, 0.3) is 5.56 Å². The Balaban J connectivity index is 0.00000176. The van der Waals surface area contributed by atoms with Crippen LogP contribution in [0.2, 0.25) is 5.02 Å². The molecule has 0 unspecified atom stereocenters. The molecule has 3 aromatic rings. The molecule has 32 heavy (non-hydrogen) atoms. The molecule has 0 radical (unpaired) electrons. The molecule has 0 saturated heterocycles. The van der Waals surface area contributed by atoms with Crippen LogP contribution >= 0.6 is 11.6 Å². The van der Waals surface area contributed by atoms with E-state index < -0.39 is 22.9 Å². The maximum atomic E-state index is 14.3. The molecular formula is C23H25ClFN3O4. The fourth-order valence-electron chi connectivity index (χ4n) is 2.70. The standard InChI is InChI=1S/C21H19ClFN3O4.C2H6/c1-12(2)30-18-8-7-15(9-17(18)23)24-21-25-19(27)16(20(28)29)11-26(21)10-13-3-5-14(22)6-4-13;1-2/h3-9,11-12H,10H2,1-2H3,(H,28,29)(H,24,25,27);1-2H3. The number of nitrogens with one attached hydrogen (secondary N) is 1. The van der Waals surface area contributed by atoms with Crippen molar-refractivity contribution >= 4 is 29.2 Å². The number of rotatable bonds is 7. The van der Waals surface area contributed by atoms with Crippen molar-refractivity contribution in [1.82, 2.24) is 9.55 Å². The summed E-state index contributed by atoms with van der Waals surface area (Å²) in [6.45, 7) is 7.79. The summed E-state index contributed by atoms with van der Waals surface area (Å²) in [5.41, 5.74) is -0.251. The van der Waals surface area contributed by atoms with Gasteiger partial charge in [0.05, 0.1) is 12.6 Å². The van der Waals surface area contributed by atoms with Gasteiger partial charge in [-0.2, -0.15) is 4.98 Å². The highest BCUT2D eigenvalue weighted by atomic mass is 35.5. The summed E-state index contributed by atoms with van der Waals surface area (Å²) in [4.78, 5) is 27.3. The minimum atomic E-state index is -1.38. The Kier molecular flexibility index (Phi) is 8.78. The molecule has 0 saturated carbocycles. The number of ether oxygens (including phenoxy) is 1. The van der Waals surface area contributed by atoms with Crippen molar-refractivity contribution in [2.45, 2.75) is 40.3 Å². The molecule has 1 aromatic heterocycles. The van der Waals surface area contributed by atoms with E-state index >= 15 is 0 Å². The third-order valence-corrected chi connectivity index (χ3v) is 4.29. The molecule has 170 valence electrons. The van der Waals surface area contributed by atoms with Gasteiger partial charge in [-0.05, 0) is 43.7 Å². The van der Waals surface area contributed by atoms with Crippen molar-refractivity contribution in [2.75, 3.05) is 5.32 Å². The van der Waals surface area contributed by atoms with Gasteiger partial charge in [0, 0.05) is 23.0 Å². The van der Waals surface area contributed by atoms with Gasteiger partial charge in [0.15, 0.2) is 11.6 Å². The van der Waals surface area contributed by atoms with Crippen LogP contribution in [0.4, 0.5) is 16.0 Å². The first-order chi connectivity index (χ1) is 15.2. The van der Waals surface area contributed by atoms with E-state index in [1.165, 1.54) is 22.9 Å². The molecule has 0 amide bonds. The Morgan fingerprint density at radius 3 is 2.44 bits per heavy atom. The van der Waals surface area contributed by atoms with Crippen molar-refractivity contribution in [1.29, 1.82) is 0 Å². The molecule has 0 atom stereocenters. The quantitative estimate of drug-likeness (QED) is 0.493. The number of carboxylic acid groups (broad SMARTS) is 1. The first-order valence-electron chi connectivity index (χ1n) is 10.1. The van der Waals surface area contributed by atoms with Crippen LogP contribution in [0, 0.1) is 5.82 Å². The predicted octanol–water partition coefficient (Wildman–Crippen LogP) is 5.34. The highest BCUT2D eigenvalue weighted by Gasteiger charge is 2.15. The van der Waals surface area contributed by atoms with Crippen LogP contribution in [0.3, 0.4) is 0 Å². The van der Waals surface area contributed by atoms with Gasteiger partial charge in [0.1, 0.15) is 5.56 Å². The molecule has 9 heteroatoms. The first-order valence-corrected chi connectivity index (χ1v) is 10.4. The zero-order valence-electron chi connectivity index (χ0n) is 18.2. The summed E-state index contributed by atoms with van der Waals surface area (Å²) in [5.74, 6) is -1.80. The monoisotopic (exact) mass is 461 g/mol. The van der Waals surface area contributed by atoms with Crippen LogP contribution in [0.15, 0.2) is 53.5 Å². The smallest absolute Gasteiger partial charge is 0.342 e. The topological polar surface area (TPSA) is 93.4 Å². The lowest BCUT2D eigenvalue weighted by atomic mass is 10.2. The minimum absolute atomic E-state index is 0.0666. The SMILES string of the molecule is CC.CC(C)Oc1ccc(Nc2nc(=O)c(C(=O)O)cn2Cc2ccc(Cl)cc2)cc1F. The normalized spacial score (nSPS) is 10.3. The Morgan fingerprint density at radius 1 is 1.22 bits per heavy atom. The number of carbonyl (C=O) groups is 1. The number of nitrogens with zero attached hydrogens (tertiary/aromatic N) is 2. The van der Waals surface area contributed by atoms with E-state index in [-0.39, 0.29) is 24.3 Å². The lowest BCUT2D eigenvalue weighted by molar-refractivity contribution is 0.0694. The second kappa shape index (κ2) is 11.3. The number of carboxylic acids is 1. The van der Waals surface area contributed by atoms with Crippen LogP contribution in [-0.2, 0) is 6.54 Å². The predicted molar refractivity (Wildman–Crippen MR) is 123 cm³/mol. The average Bonchev–Trinajstić information content (AvgIpc) is 2.74. The van der Waals surface area contributed by atoms with Gasteiger partial charge in [-0.1, -0.05) is 37.6 Å². The molecule has 0 bridgehead atoms. The van der Waals surface area contributed by atoms with Gasteiger partial charge in [-0.3, -0.25) is 4.79 Å². The average molecular weight is 462 g/mol. The van der Waals surface area contributed by atoms with Crippen LogP contribution in [0.5, 0.6) is 5.75 Å². The third kappa shape index (κ3) is 6.55. The lowest BCUT2D eigenvalue weighted by Gasteiger charge is -2.16. The second-order valence-corrected chi connectivity index (χ2v) is 7.22. The van der Waals surface area contributed by atoms with Crippen LogP contribution in [0.25, 0.3) is 0 Å². The van der Waals surface area contributed by atoms with E-state index in [2.05, 4.69) is 10.3 Å². The van der Waals surface area contributed by atoms with Crippen molar-refractivity contribution in [2.24, 2.45) is 0 Å². The van der Waals surface area contributed by atoms with E-state index in [0.29, 0.717) is 10.7 Å².